The predicted molar refractivity (Wildman–Crippen MR) is 135 cm³/mol. The number of ether oxygens (including phenoxy) is 1. The number of fused-ring (bicyclic) bond motifs is 1. The Kier molecular flexibility index (Phi) is 7.92. The van der Waals surface area contributed by atoms with Gasteiger partial charge in [0.2, 0.25) is 5.88 Å². The van der Waals surface area contributed by atoms with Gasteiger partial charge in [0.05, 0.1) is 18.2 Å². The molecule has 3 atom stereocenters. The zero-order chi connectivity index (χ0) is 25.8. The summed E-state index contributed by atoms with van der Waals surface area (Å²) in [7, 11) is 1.91. The minimum Gasteiger partial charge on any atom is -0.478 e. The number of pyridine rings is 1. The number of amides is 1. The number of nitrogens with zero attached hydrogens (tertiary/aromatic N) is 3. The maximum atomic E-state index is 13.5. The monoisotopic (exact) mass is 491 g/mol. The fourth-order valence-corrected chi connectivity index (χ4v) is 4.33. The Hall–Kier alpha value is -3.41. The second kappa shape index (κ2) is 11.1. The van der Waals surface area contributed by atoms with E-state index in [0.717, 1.165) is 12.8 Å². The molecule has 36 heavy (non-hydrogen) atoms. The van der Waals surface area contributed by atoms with Gasteiger partial charge in [-0.05, 0) is 44.5 Å². The van der Waals surface area contributed by atoms with Crippen LogP contribution in [0.3, 0.4) is 0 Å². The highest BCUT2D eigenvalue weighted by molar-refractivity contribution is 5.97. The van der Waals surface area contributed by atoms with E-state index in [0.29, 0.717) is 42.2 Å². The highest BCUT2D eigenvalue weighted by atomic mass is 16.5. The van der Waals surface area contributed by atoms with Crippen molar-refractivity contribution in [1.29, 1.82) is 0 Å². The molecule has 1 amide bonds. The summed E-state index contributed by atoms with van der Waals surface area (Å²) < 4.78 is 6.33. The Morgan fingerprint density at radius 1 is 1.33 bits per heavy atom. The van der Waals surface area contributed by atoms with Gasteiger partial charge in [0.25, 0.3) is 5.91 Å². The van der Waals surface area contributed by atoms with Crippen molar-refractivity contribution in [2.24, 2.45) is 11.8 Å². The van der Waals surface area contributed by atoms with Gasteiger partial charge in [-0.2, -0.15) is 0 Å². The number of rotatable bonds is 7. The van der Waals surface area contributed by atoms with Crippen molar-refractivity contribution < 1.29 is 24.5 Å². The minimum absolute atomic E-state index is 0.0654. The van der Waals surface area contributed by atoms with Crippen molar-refractivity contribution >= 4 is 11.9 Å². The molecule has 8 nitrogen and oxygen atoms in total. The van der Waals surface area contributed by atoms with Crippen LogP contribution in [0.5, 0.6) is 5.88 Å². The van der Waals surface area contributed by atoms with E-state index in [1.165, 1.54) is 0 Å². The third kappa shape index (κ3) is 6.04. The third-order valence-electron chi connectivity index (χ3n) is 6.70. The highest BCUT2D eigenvalue weighted by Gasteiger charge is 2.34. The van der Waals surface area contributed by atoms with E-state index in [-0.39, 0.29) is 42.0 Å². The van der Waals surface area contributed by atoms with Gasteiger partial charge < -0.3 is 19.8 Å². The van der Waals surface area contributed by atoms with Crippen molar-refractivity contribution in [3.63, 3.8) is 0 Å². The van der Waals surface area contributed by atoms with Gasteiger partial charge in [0.1, 0.15) is 11.7 Å². The van der Waals surface area contributed by atoms with Crippen LogP contribution in [0.2, 0.25) is 0 Å². The predicted octanol–water partition coefficient (Wildman–Crippen LogP) is 2.89. The molecule has 1 saturated carbocycles. The minimum atomic E-state index is -0.958. The zero-order valence-electron chi connectivity index (χ0n) is 21.0. The summed E-state index contributed by atoms with van der Waals surface area (Å²) >= 11 is 0. The van der Waals surface area contributed by atoms with Gasteiger partial charge in [-0.1, -0.05) is 37.0 Å². The third-order valence-corrected chi connectivity index (χ3v) is 6.70. The number of likely N-dealkylation sites (N-methyl/N-ethyl adjacent to an activating group) is 1. The molecule has 2 heterocycles. The van der Waals surface area contributed by atoms with Crippen LogP contribution in [-0.4, -0.2) is 75.8 Å². The maximum absolute atomic E-state index is 13.5. The summed E-state index contributed by atoms with van der Waals surface area (Å²) in [6.45, 7) is 5.01. The van der Waals surface area contributed by atoms with Crippen molar-refractivity contribution in [3.05, 3.63) is 58.8 Å². The summed E-state index contributed by atoms with van der Waals surface area (Å²) in [5.41, 5.74) is 2.00. The number of hydrogen-bond donors (Lipinski definition) is 2. The van der Waals surface area contributed by atoms with Crippen molar-refractivity contribution in [1.82, 2.24) is 14.8 Å². The highest BCUT2D eigenvalue weighted by Crippen LogP contribution is 2.29. The first-order valence-electron chi connectivity index (χ1n) is 12.4. The normalized spacial score (nSPS) is 20.5. The molecule has 2 aliphatic rings. The van der Waals surface area contributed by atoms with E-state index in [1.54, 1.807) is 29.3 Å². The quantitative estimate of drug-likeness (QED) is 0.574. The molecule has 190 valence electrons. The Morgan fingerprint density at radius 2 is 2.08 bits per heavy atom. The van der Waals surface area contributed by atoms with Crippen molar-refractivity contribution in [2.45, 2.75) is 45.4 Å². The van der Waals surface area contributed by atoms with Gasteiger partial charge in [-0.15, -0.1) is 0 Å². The van der Waals surface area contributed by atoms with Crippen LogP contribution in [0, 0.1) is 23.7 Å². The van der Waals surface area contributed by atoms with Gasteiger partial charge in [-0.25, -0.2) is 9.78 Å². The Morgan fingerprint density at radius 3 is 2.78 bits per heavy atom. The Balaban J connectivity index is 1.60. The number of aliphatic hydroxyl groups excluding tert-OH is 1. The fourth-order valence-electron chi connectivity index (χ4n) is 4.33. The molecule has 8 heteroatoms. The van der Waals surface area contributed by atoms with Crippen LogP contribution in [0.4, 0.5) is 0 Å². The number of carboxylic acid groups (broad SMARTS) is 1. The van der Waals surface area contributed by atoms with E-state index < -0.39 is 5.97 Å². The first kappa shape index (κ1) is 25.7. The largest absolute Gasteiger partial charge is 0.478 e. The van der Waals surface area contributed by atoms with Crippen molar-refractivity contribution in [3.8, 4) is 17.7 Å². The number of carboxylic acids is 1. The number of aromatic nitrogens is 1. The maximum Gasteiger partial charge on any atom is 0.336 e. The van der Waals surface area contributed by atoms with E-state index >= 15 is 0 Å². The molecule has 1 aromatic heterocycles. The van der Waals surface area contributed by atoms with Gasteiger partial charge >= 0.3 is 5.97 Å². The topological polar surface area (TPSA) is 103 Å². The number of aliphatic hydroxyl groups is 1. The summed E-state index contributed by atoms with van der Waals surface area (Å²) in [6, 6.07) is 8.32. The Labute approximate surface area is 211 Å². The molecule has 0 spiro atoms. The van der Waals surface area contributed by atoms with Crippen LogP contribution in [-0.2, 0) is 6.54 Å². The molecule has 1 aromatic carbocycles. The molecule has 0 radical (unpaired) electrons. The molecule has 0 bridgehead atoms. The number of carbonyl (C=O) groups is 2. The number of hydrogen-bond acceptors (Lipinski definition) is 6. The summed E-state index contributed by atoms with van der Waals surface area (Å²) in [5, 5.41) is 19.4. The fraction of sp³-hybridized carbons (Fsp3) is 0.464. The number of aromatic carboxylic acids is 1. The molecule has 1 aliphatic carbocycles. The summed E-state index contributed by atoms with van der Waals surface area (Å²) in [4.78, 5) is 33.3. The first-order valence-corrected chi connectivity index (χ1v) is 12.4. The summed E-state index contributed by atoms with van der Waals surface area (Å²) in [5.74, 6) is 5.75. The first-order chi connectivity index (χ1) is 17.3. The van der Waals surface area contributed by atoms with Crippen LogP contribution in [0.1, 0.15) is 58.5 Å². The lowest BCUT2D eigenvalue weighted by Crippen LogP contribution is -2.49. The molecule has 2 aromatic rings. The van der Waals surface area contributed by atoms with Crippen LogP contribution in [0.25, 0.3) is 0 Å². The van der Waals surface area contributed by atoms with Gasteiger partial charge in [-0.3, -0.25) is 9.69 Å². The van der Waals surface area contributed by atoms with Crippen LogP contribution < -0.4 is 4.74 Å². The molecule has 2 N–H and O–H groups in total. The molecular formula is C28H33N3O5. The average Bonchev–Trinajstić information content (AvgIpc) is 3.69. The molecule has 4 rings (SSSR count). The Bertz CT molecular complexity index is 1180. The standard InChI is InChI=1S/C28H33N3O5/c1-18-14-31(19(2)17-32)27(33)24-12-21(11-10-20-8-9-20)13-29-26(24)36-25(18)16-30(3)15-22-6-4-5-7-23(22)28(34)35/h4-7,12-13,18-20,25,32H,8-9,14-17H2,1-3H3,(H,34,35)/t18-,19+,25-/m1/s1. The lowest BCUT2D eigenvalue weighted by molar-refractivity contribution is 0.0325. The zero-order valence-corrected chi connectivity index (χ0v) is 21.0. The number of carbonyl (C=O) groups excluding carboxylic acids is 1. The van der Waals surface area contributed by atoms with E-state index in [9.17, 15) is 19.8 Å². The molecule has 1 aliphatic heterocycles. The average molecular weight is 492 g/mol. The lowest BCUT2D eigenvalue weighted by atomic mass is 9.99. The van der Waals surface area contributed by atoms with Gasteiger partial charge in [0, 0.05) is 43.2 Å². The van der Waals surface area contributed by atoms with Crippen molar-refractivity contribution in [2.75, 3.05) is 26.7 Å². The molecular weight excluding hydrogens is 458 g/mol. The van der Waals surface area contributed by atoms with Crippen LogP contribution >= 0.6 is 0 Å². The van der Waals surface area contributed by atoms with Crippen LogP contribution in [0.15, 0.2) is 36.5 Å². The number of benzene rings is 1. The lowest BCUT2D eigenvalue weighted by Gasteiger charge is -2.37. The smallest absolute Gasteiger partial charge is 0.336 e. The molecule has 1 fully saturated rings. The van der Waals surface area contributed by atoms with Gasteiger partial charge in [0.15, 0.2) is 0 Å². The second-order valence-corrected chi connectivity index (χ2v) is 9.90. The second-order valence-electron chi connectivity index (χ2n) is 9.90. The SMILES string of the molecule is C[C@@H]1CN([C@@H](C)CO)C(=O)c2cc(C#CC3CC3)cnc2O[C@@H]1CN(C)Cc1ccccc1C(=O)O. The van der Waals surface area contributed by atoms with E-state index in [2.05, 4.69) is 16.8 Å². The van der Waals surface area contributed by atoms with E-state index in [4.69, 9.17) is 4.74 Å². The molecule has 0 unspecified atom stereocenters. The summed E-state index contributed by atoms with van der Waals surface area (Å²) in [6.07, 6.45) is 3.54. The molecule has 0 saturated heterocycles. The van der Waals surface area contributed by atoms with E-state index in [1.807, 2.05) is 37.9 Å².